The van der Waals surface area contributed by atoms with Gasteiger partial charge in [0, 0.05) is 22.5 Å². The molecule has 5 nitrogen and oxygen atoms in total. The van der Waals surface area contributed by atoms with E-state index in [9.17, 15) is 4.79 Å². The van der Waals surface area contributed by atoms with E-state index in [1.54, 1.807) is 16.2 Å². The van der Waals surface area contributed by atoms with E-state index < -0.39 is 0 Å². The minimum atomic E-state index is -0.320. The lowest BCUT2D eigenvalue weighted by Crippen LogP contribution is -2.37. The van der Waals surface area contributed by atoms with Gasteiger partial charge in [-0.3, -0.25) is 4.79 Å². The number of aryl methyl sites for hydroxylation is 4. The van der Waals surface area contributed by atoms with Gasteiger partial charge in [0.15, 0.2) is 0 Å². The van der Waals surface area contributed by atoms with Gasteiger partial charge in [-0.15, -0.1) is 11.3 Å². The first-order valence-corrected chi connectivity index (χ1v) is 11.9. The highest BCUT2D eigenvalue weighted by Crippen LogP contribution is 2.41. The highest BCUT2D eigenvalue weighted by molar-refractivity contribution is 8.00. The quantitative estimate of drug-likeness (QED) is 0.391. The van der Waals surface area contributed by atoms with Crippen molar-refractivity contribution in [2.45, 2.75) is 56.7 Å². The molecule has 7 heteroatoms. The number of rotatable bonds is 6. The SMILES string of the molecule is Cc1ccc(N(CCC#N)C(=O)[C@@H](C)Sc2nc(C)nc3sc4c(c23)CCC4)cc1. The Labute approximate surface area is 185 Å². The zero-order valence-electron chi connectivity index (χ0n) is 17.4. The molecule has 1 aliphatic rings. The number of amides is 1. The molecule has 0 saturated heterocycles. The first kappa shape index (κ1) is 20.8. The molecule has 0 fully saturated rings. The van der Waals surface area contributed by atoms with Crippen LogP contribution in [0.2, 0.25) is 0 Å². The third-order valence-electron chi connectivity index (χ3n) is 5.34. The number of hydrogen-bond donors (Lipinski definition) is 0. The number of carbonyl (C=O) groups is 1. The number of nitriles is 1. The molecule has 30 heavy (non-hydrogen) atoms. The van der Waals surface area contributed by atoms with E-state index >= 15 is 0 Å². The van der Waals surface area contributed by atoms with E-state index in [1.807, 2.05) is 45.0 Å². The summed E-state index contributed by atoms with van der Waals surface area (Å²) in [5.41, 5.74) is 3.34. The fourth-order valence-corrected chi connectivity index (χ4v) is 6.30. The maximum Gasteiger partial charge on any atom is 0.240 e. The van der Waals surface area contributed by atoms with Crippen molar-refractivity contribution in [3.05, 3.63) is 46.1 Å². The van der Waals surface area contributed by atoms with Crippen LogP contribution in [0.25, 0.3) is 10.2 Å². The second kappa shape index (κ2) is 8.75. The maximum absolute atomic E-state index is 13.4. The van der Waals surface area contributed by atoms with Crippen LogP contribution in [-0.4, -0.2) is 27.7 Å². The summed E-state index contributed by atoms with van der Waals surface area (Å²) in [5.74, 6) is 0.736. The molecule has 1 aromatic carbocycles. The molecule has 0 aliphatic heterocycles. The molecule has 2 aromatic heterocycles. The Balaban J connectivity index is 1.63. The molecule has 0 unspecified atom stereocenters. The molecule has 1 amide bonds. The molecule has 1 atom stereocenters. The van der Waals surface area contributed by atoms with Crippen molar-refractivity contribution in [2.75, 3.05) is 11.4 Å². The molecule has 0 spiro atoms. The predicted octanol–water partition coefficient (Wildman–Crippen LogP) is 5.22. The monoisotopic (exact) mass is 436 g/mol. The first-order valence-electron chi connectivity index (χ1n) is 10.2. The van der Waals surface area contributed by atoms with E-state index in [1.165, 1.54) is 28.6 Å². The summed E-state index contributed by atoms with van der Waals surface area (Å²) >= 11 is 3.28. The number of hydrogen-bond acceptors (Lipinski definition) is 6. The number of benzene rings is 1. The lowest BCUT2D eigenvalue weighted by molar-refractivity contribution is -0.117. The number of thiophene rings is 1. The van der Waals surface area contributed by atoms with Crippen LogP contribution < -0.4 is 4.90 Å². The van der Waals surface area contributed by atoms with Crippen molar-refractivity contribution < 1.29 is 4.79 Å². The first-order chi connectivity index (χ1) is 14.5. The minimum Gasteiger partial charge on any atom is -0.310 e. The molecule has 0 bridgehead atoms. The Morgan fingerprint density at radius 2 is 2.03 bits per heavy atom. The van der Waals surface area contributed by atoms with Gasteiger partial charge in [0.25, 0.3) is 0 Å². The number of fused-ring (bicyclic) bond motifs is 3. The van der Waals surface area contributed by atoms with Gasteiger partial charge in [0.2, 0.25) is 5.91 Å². The highest BCUT2D eigenvalue weighted by Gasteiger charge is 2.27. The van der Waals surface area contributed by atoms with E-state index in [0.717, 1.165) is 45.2 Å². The highest BCUT2D eigenvalue weighted by atomic mass is 32.2. The Hall–Kier alpha value is -2.43. The maximum atomic E-state index is 13.4. The summed E-state index contributed by atoms with van der Waals surface area (Å²) in [4.78, 5) is 26.9. The van der Waals surface area contributed by atoms with E-state index in [-0.39, 0.29) is 11.2 Å². The van der Waals surface area contributed by atoms with Crippen LogP contribution in [0, 0.1) is 25.2 Å². The van der Waals surface area contributed by atoms with Gasteiger partial charge in [0.05, 0.1) is 17.7 Å². The predicted molar refractivity (Wildman–Crippen MR) is 123 cm³/mol. The Bertz CT molecular complexity index is 1130. The lowest BCUT2D eigenvalue weighted by atomic mass is 10.2. The van der Waals surface area contributed by atoms with E-state index in [0.29, 0.717) is 13.0 Å². The van der Waals surface area contributed by atoms with Gasteiger partial charge < -0.3 is 4.90 Å². The number of aromatic nitrogens is 2. The molecule has 0 N–H and O–H groups in total. The second-order valence-corrected chi connectivity index (χ2v) is 10.0. The van der Waals surface area contributed by atoms with Crippen LogP contribution in [-0.2, 0) is 17.6 Å². The summed E-state index contributed by atoms with van der Waals surface area (Å²) in [7, 11) is 0. The number of thioether (sulfide) groups is 1. The summed E-state index contributed by atoms with van der Waals surface area (Å²) in [6.07, 6.45) is 3.66. The van der Waals surface area contributed by atoms with Crippen molar-refractivity contribution in [3.63, 3.8) is 0 Å². The van der Waals surface area contributed by atoms with Crippen molar-refractivity contribution in [1.82, 2.24) is 9.97 Å². The van der Waals surface area contributed by atoms with Crippen molar-refractivity contribution >= 4 is 44.9 Å². The summed E-state index contributed by atoms with van der Waals surface area (Å²) in [6.45, 7) is 6.24. The van der Waals surface area contributed by atoms with Crippen molar-refractivity contribution in [1.29, 1.82) is 5.26 Å². The van der Waals surface area contributed by atoms with Gasteiger partial charge in [0.1, 0.15) is 15.7 Å². The molecule has 4 rings (SSSR count). The van der Waals surface area contributed by atoms with Crippen LogP contribution in [0.5, 0.6) is 0 Å². The normalized spacial score (nSPS) is 13.8. The van der Waals surface area contributed by atoms with Crippen LogP contribution in [0.3, 0.4) is 0 Å². The zero-order valence-corrected chi connectivity index (χ0v) is 19.1. The number of nitrogens with zero attached hydrogens (tertiary/aromatic N) is 4. The van der Waals surface area contributed by atoms with Gasteiger partial charge >= 0.3 is 0 Å². The molecule has 0 radical (unpaired) electrons. The Morgan fingerprint density at radius 1 is 1.27 bits per heavy atom. The van der Waals surface area contributed by atoms with Gasteiger partial charge in [-0.1, -0.05) is 29.5 Å². The summed E-state index contributed by atoms with van der Waals surface area (Å²) in [6, 6.07) is 10.0. The minimum absolute atomic E-state index is 0.00427. The summed E-state index contributed by atoms with van der Waals surface area (Å²) < 4.78 is 0. The fourth-order valence-electron chi connectivity index (χ4n) is 3.84. The second-order valence-electron chi connectivity index (χ2n) is 7.61. The third kappa shape index (κ3) is 4.07. The Kier molecular flexibility index (Phi) is 6.07. The lowest BCUT2D eigenvalue weighted by Gasteiger charge is -2.25. The van der Waals surface area contributed by atoms with E-state index in [2.05, 4.69) is 11.1 Å². The molecule has 1 aliphatic carbocycles. The van der Waals surface area contributed by atoms with Crippen molar-refractivity contribution in [2.24, 2.45) is 0 Å². The third-order valence-corrected chi connectivity index (χ3v) is 7.60. The van der Waals surface area contributed by atoms with Gasteiger partial charge in [-0.05, 0) is 57.7 Å². The van der Waals surface area contributed by atoms with Crippen LogP contribution in [0.4, 0.5) is 5.69 Å². The molecule has 0 saturated carbocycles. The summed E-state index contributed by atoms with van der Waals surface area (Å²) in [5, 5.41) is 10.8. The molecule has 2 heterocycles. The standard InChI is InChI=1S/C23H24N4OS2/c1-14-8-10-17(11-9-14)27(13-5-12-24)23(28)15(2)29-21-20-18-6-4-7-19(18)30-22(20)26-16(3)25-21/h8-11,15H,4-7,13H2,1-3H3/t15-/m1/s1. The molecule has 154 valence electrons. The number of carbonyl (C=O) groups excluding carboxylic acids is 1. The van der Waals surface area contributed by atoms with Gasteiger partial charge in [-0.25, -0.2) is 9.97 Å². The van der Waals surface area contributed by atoms with Crippen LogP contribution in [0.1, 0.15) is 41.6 Å². The molecule has 3 aromatic rings. The molecular formula is C23H24N4OS2. The van der Waals surface area contributed by atoms with Crippen molar-refractivity contribution in [3.8, 4) is 6.07 Å². The van der Waals surface area contributed by atoms with E-state index in [4.69, 9.17) is 10.2 Å². The smallest absolute Gasteiger partial charge is 0.240 e. The topological polar surface area (TPSA) is 69.9 Å². The van der Waals surface area contributed by atoms with Gasteiger partial charge in [-0.2, -0.15) is 5.26 Å². The number of anilines is 1. The van der Waals surface area contributed by atoms with Crippen LogP contribution in [0.15, 0.2) is 29.3 Å². The van der Waals surface area contributed by atoms with Crippen LogP contribution >= 0.6 is 23.1 Å². The zero-order chi connectivity index (χ0) is 21.3. The Morgan fingerprint density at radius 3 is 2.77 bits per heavy atom. The molecular weight excluding hydrogens is 412 g/mol. The fraction of sp³-hybridized carbons (Fsp3) is 0.391. The average Bonchev–Trinajstić information content (AvgIpc) is 3.29. The average molecular weight is 437 g/mol. The largest absolute Gasteiger partial charge is 0.310 e.